The lowest BCUT2D eigenvalue weighted by molar-refractivity contribution is -0.118. The van der Waals surface area contributed by atoms with Crippen LogP contribution >= 0.6 is 0 Å². The van der Waals surface area contributed by atoms with Crippen LogP contribution in [0.3, 0.4) is 0 Å². The maximum absolute atomic E-state index is 12.6. The van der Waals surface area contributed by atoms with Crippen molar-refractivity contribution in [2.45, 2.75) is 33.0 Å². The average Bonchev–Trinajstić information content (AvgIpc) is 3.29. The van der Waals surface area contributed by atoms with Gasteiger partial charge in [0.05, 0.1) is 18.8 Å². The number of aromatic nitrogens is 2. The predicted octanol–water partition coefficient (Wildman–Crippen LogP) is 1.66. The highest BCUT2D eigenvalue weighted by atomic mass is 16.2. The van der Waals surface area contributed by atoms with E-state index in [-0.39, 0.29) is 5.91 Å². The molecule has 8 nitrogen and oxygen atoms in total. The fourth-order valence-electron chi connectivity index (χ4n) is 3.84. The lowest BCUT2D eigenvalue weighted by Crippen LogP contribution is -2.48. The molecule has 3 heterocycles. The summed E-state index contributed by atoms with van der Waals surface area (Å²) >= 11 is 0. The maximum atomic E-state index is 12.6. The van der Waals surface area contributed by atoms with Gasteiger partial charge in [0, 0.05) is 49.0 Å². The third-order valence-corrected chi connectivity index (χ3v) is 5.60. The molecule has 2 aliphatic rings. The molecule has 0 aliphatic carbocycles. The van der Waals surface area contributed by atoms with E-state index in [9.17, 15) is 9.59 Å². The number of nitrogens with one attached hydrogen (secondary N) is 2. The summed E-state index contributed by atoms with van der Waals surface area (Å²) in [7, 11) is 0. The van der Waals surface area contributed by atoms with Crippen LogP contribution in [0.2, 0.25) is 0 Å². The van der Waals surface area contributed by atoms with Crippen molar-refractivity contribution >= 4 is 23.8 Å². The van der Waals surface area contributed by atoms with E-state index in [1.165, 1.54) is 0 Å². The monoisotopic (exact) mass is 382 g/mol. The van der Waals surface area contributed by atoms with E-state index in [0.717, 1.165) is 49.5 Å². The minimum atomic E-state index is -0.199. The number of amides is 2. The number of hydrogen-bond donors (Lipinski definition) is 2. The summed E-state index contributed by atoms with van der Waals surface area (Å²) < 4.78 is 0. The van der Waals surface area contributed by atoms with Crippen molar-refractivity contribution in [2.75, 3.05) is 36.4 Å². The SMILES string of the molecule is CC(C)N1CCN(c2ccc(C(=O)Nc3n[nH]c4c3CN(C=O)C4)cc2)CC1. The Kier molecular flexibility index (Phi) is 5.04. The number of carbonyl (C=O) groups is 2. The molecule has 1 saturated heterocycles. The Hall–Kier alpha value is -2.87. The van der Waals surface area contributed by atoms with E-state index in [1.54, 1.807) is 4.90 Å². The number of hydrogen-bond acceptors (Lipinski definition) is 5. The van der Waals surface area contributed by atoms with Crippen LogP contribution in [0.25, 0.3) is 0 Å². The molecule has 0 bridgehead atoms. The van der Waals surface area contributed by atoms with Crippen molar-refractivity contribution in [3.8, 4) is 0 Å². The fourth-order valence-corrected chi connectivity index (χ4v) is 3.84. The second kappa shape index (κ2) is 7.63. The summed E-state index contributed by atoms with van der Waals surface area (Å²) in [6.45, 7) is 9.53. The highest BCUT2D eigenvalue weighted by Gasteiger charge is 2.25. The van der Waals surface area contributed by atoms with Gasteiger partial charge in [-0.25, -0.2) is 0 Å². The van der Waals surface area contributed by atoms with Crippen LogP contribution in [0.4, 0.5) is 11.5 Å². The number of H-pyrrole nitrogens is 1. The Morgan fingerprint density at radius 2 is 1.86 bits per heavy atom. The number of aromatic amines is 1. The van der Waals surface area contributed by atoms with E-state index in [1.807, 2.05) is 24.3 Å². The van der Waals surface area contributed by atoms with E-state index >= 15 is 0 Å². The molecular weight excluding hydrogens is 356 g/mol. The molecule has 2 aliphatic heterocycles. The molecule has 0 atom stereocenters. The molecule has 8 heteroatoms. The molecule has 148 valence electrons. The van der Waals surface area contributed by atoms with Crippen LogP contribution in [0, 0.1) is 0 Å². The van der Waals surface area contributed by atoms with Gasteiger partial charge in [0.15, 0.2) is 5.82 Å². The molecule has 1 aromatic carbocycles. The Bertz CT molecular complexity index is 852. The molecule has 2 N–H and O–H groups in total. The number of carbonyl (C=O) groups excluding carboxylic acids is 2. The molecule has 0 radical (unpaired) electrons. The molecule has 4 rings (SSSR count). The third kappa shape index (κ3) is 3.60. The summed E-state index contributed by atoms with van der Waals surface area (Å²) in [5.41, 5.74) is 3.48. The van der Waals surface area contributed by atoms with Crippen molar-refractivity contribution in [2.24, 2.45) is 0 Å². The lowest BCUT2D eigenvalue weighted by Gasteiger charge is -2.38. The van der Waals surface area contributed by atoms with Gasteiger partial charge in [-0.1, -0.05) is 0 Å². The first-order chi connectivity index (χ1) is 13.5. The van der Waals surface area contributed by atoms with Crippen molar-refractivity contribution in [1.82, 2.24) is 20.0 Å². The quantitative estimate of drug-likeness (QED) is 0.769. The van der Waals surface area contributed by atoms with Crippen LogP contribution in [0.1, 0.15) is 35.5 Å². The predicted molar refractivity (Wildman–Crippen MR) is 107 cm³/mol. The molecular formula is C20H26N6O2. The summed E-state index contributed by atoms with van der Waals surface area (Å²) in [6, 6.07) is 8.29. The van der Waals surface area contributed by atoms with Crippen LogP contribution in [0.15, 0.2) is 24.3 Å². The van der Waals surface area contributed by atoms with Crippen molar-refractivity contribution in [3.63, 3.8) is 0 Å². The Balaban J connectivity index is 1.38. The summed E-state index contributed by atoms with van der Waals surface area (Å²) in [5, 5.41) is 9.92. The van der Waals surface area contributed by atoms with Gasteiger partial charge in [-0.3, -0.25) is 19.6 Å². The molecule has 1 aromatic heterocycles. The highest BCUT2D eigenvalue weighted by Crippen LogP contribution is 2.26. The minimum Gasteiger partial charge on any atom is -0.369 e. The average molecular weight is 382 g/mol. The topological polar surface area (TPSA) is 84.6 Å². The number of fused-ring (bicyclic) bond motifs is 1. The second-order valence-electron chi connectivity index (χ2n) is 7.66. The van der Waals surface area contributed by atoms with Gasteiger partial charge < -0.3 is 15.1 Å². The van der Waals surface area contributed by atoms with Gasteiger partial charge in [-0.15, -0.1) is 0 Å². The zero-order valence-corrected chi connectivity index (χ0v) is 16.3. The maximum Gasteiger partial charge on any atom is 0.256 e. The van der Waals surface area contributed by atoms with Crippen molar-refractivity contribution in [3.05, 3.63) is 41.1 Å². The second-order valence-corrected chi connectivity index (χ2v) is 7.66. The van der Waals surface area contributed by atoms with Gasteiger partial charge in [-0.2, -0.15) is 5.10 Å². The lowest BCUT2D eigenvalue weighted by atomic mass is 10.1. The zero-order chi connectivity index (χ0) is 19.7. The molecule has 28 heavy (non-hydrogen) atoms. The normalized spacial score (nSPS) is 17.1. The van der Waals surface area contributed by atoms with Gasteiger partial charge in [0.25, 0.3) is 5.91 Å². The number of nitrogens with zero attached hydrogens (tertiary/aromatic N) is 4. The van der Waals surface area contributed by atoms with Gasteiger partial charge in [-0.05, 0) is 38.1 Å². The molecule has 2 aromatic rings. The van der Waals surface area contributed by atoms with Crippen LogP contribution in [-0.2, 0) is 17.9 Å². The van der Waals surface area contributed by atoms with Crippen molar-refractivity contribution < 1.29 is 9.59 Å². The standard InChI is InChI=1S/C20H26N6O2/c1-14(2)25-7-9-26(10-8-25)16-5-3-15(4-6-16)20(28)21-19-17-11-24(13-27)12-18(17)22-23-19/h3-6,13-14H,7-12H2,1-2H3,(H2,21,22,23,28). The van der Waals surface area contributed by atoms with Gasteiger partial charge in [0.2, 0.25) is 6.41 Å². The fraction of sp³-hybridized carbons (Fsp3) is 0.450. The van der Waals surface area contributed by atoms with Crippen LogP contribution in [-0.4, -0.2) is 64.5 Å². The number of anilines is 2. The zero-order valence-electron chi connectivity index (χ0n) is 16.3. The third-order valence-electron chi connectivity index (χ3n) is 5.60. The van der Waals surface area contributed by atoms with E-state index in [2.05, 4.69) is 39.2 Å². The Morgan fingerprint density at radius 3 is 2.50 bits per heavy atom. The number of benzene rings is 1. The molecule has 0 saturated carbocycles. The highest BCUT2D eigenvalue weighted by molar-refractivity contribution is 6.04. The number of piperazine rings is 1. The summed E-state index contributed by atoms with van der Waals surface area (Å²) in [5.74, 6) is 0.299. The first-order valence-corrected chi connectivity index (χ1v) is 9.71. The van der Waals surface area contributed by atoms with E-state index in [0.29, 0.717) is 30.5 Å². The summed E-state index contributed by atoms with van der Waals surface area (Å²) in [4.78, 5) is 30.0. The smallest absolute Gasteiger partial charge is 0.256 e. The Morgan fingerprint density at radius 1 is 1.14 bits per heavy atom. The largest absolute Gasteiger partial charge is 0.369 e. The number of rotatable bonds is 5. The van der Waals surface area contributed by atoms with Gasteiger partial charge in [0.1, 0.15) is 0 Å². The van der Waals surface area contributed by atoms with E-state index in [4.69, 9.17) is 0 Å². The van der Waals surface area contributed by atoms with Crippen LogP contribution < -0.4 is 10.2 Å². The van der Waals surface area contributed by atoms with Gasteiger partial charge >= 0.3 is 0 Å². The molecule has 1 fully saturated rings. The van der Waals surface area contributed by atoms with E-state index < -0.39 is 0 Å². The van der Waals surface area contributed by atoms with Crippen LogP contribution in [0.5, 0.6) is 0 Å². The first kappa shape index (κ1) is 18.5. The summed E-state index contributed by atoms with van der Waals surface area (Å²) in [6.07, 6.45) is 0.805. The Labute approximate surface area is 164 Å². The molecule has 0 spiro atoms. The molecule has 2 amide bonds. The minimum absolute atomic E-state index is 0.199. The first-order valence-electron chi connectivity index (χ1n) is 9.71. The molecule has 0 unspecified atom stereocenters. The van der Waals surface area contributed by atoms with Crippen molar-refractivity contribution in [1.29, 1.82) is 0 Å².